The molecule has 1 aromatic heterocycles. The summed E-state index contributed by atoms with van der Waals surface area (Å²) in [7, 11) is 0. The van der Waals surface area contributed by atoms with E-state index in [1.807, 2.05) is 6.07 Å². The molecule has 1 heterocycles. The number of thiophene rings is 1. The van der Waals surface area contributed by atoms with Crippen molar-refractivity contribution in [1.29, 1.82) is 0 Å². The quantitative estimate of drug-likeness (QED) is 0.642. The fourth-order valence-corrected chi connectivity index (χ4v) is 3.00. The SMILES string of the molecule is Clc1sc2ccc(CBr)cc2c1Cl. The van der Waals surface area contributed by atoms with Gasteiger partial charge in [0.1, 0.15) is 4.34 Å². The van der Waals surface area contributed by atoms with Gasteiger partial charge in [-0.15, -0.1) is 11.3 Å². The van der Waals surface area contributed by atoms with Crippen molar-refractivity contribution in [3.63, 3.8) is 0 Å². The van der Waals surface area contributed by atoms with Crippen LogP contribution in [0.2, 0.25) is 9.36 Å². The van der Waals surface area contributed by atoms with Crippen LogP contribution in [0.25, 0.3) is 10.1 Å². The summed E-state index contributed by atoms with van der Waals surface area (Å²) in [5.74, 6) is 0. The lowest BCUT2D eigenvalue weighted by molar-refractivity contribution is 1.47. The Morgan fingerprint density at radius 3 is 2.77 bits per heavy atom. The van der Waals surface area contributed by atoms with Crippen molar-refractivity contribution in [1.82, 2.24) is 0 Å². The van der Waals surface area contributed by atoms with Gasteiger partial charge in [0.25, 0.3) is 0 Å². The van der Waals surface area contributed by atoms with Gasteiger partial charge < -0.3 is 0 Å². The van der Waals surface area contributed by atoms with Crippen molar-refractivity contribution in [2.24, 2.45) is 0 Å². The van der Waals surface area contributed by atoms with Gasteiger partial charge in [0.05, 0.1) is 5.02 Å². The van der Waals surface area contributed by atoms with E-state index in [1.165, 1.54) is 16.9 Å². The highest BCUT2D eigenvalue weighted by molar-refractivity contribution is 9.08. The summed E-state index contributed by atoms with van der Waals surface area (Å²) in [6, 6.07) is 6.18. The highest BCUT2D eigenvalue weighted by Gasteiger charge is 2.08. The molecule has 0 aliphatic carbocycles. The third-order valence-electron chi connectivity index (χ3n) is 1.81. The van der Waals surface area contributed by atoms with Crippen LogP contribution in [0.4, 0.5) is 0 Å². The smallest absolute Gasteiger partial charge is 0.113 e. The summed E-state index contributed by atoms with van der Waals surface area (Å²) in [4.78, 5) is 0. The molecule has 0 fully saturated rings. The van der Waals surface area contributed by atoms with Crippen molar-refractivity contribution in [3.05, 3.63) is 33.1 Å². The standard InChI is InChI=1S/C9H5BrCl2S/c10-4-5-1-2-7-6(3-5)8(11)9(12)13-7/h1-3H,4H2. The molecular formula is C9H5BrCl2S. The predicted molar refractivity (Wildman–Crippen MR) is 64.5 cm³/mol. The largest absolute Gasteiger partial charge is 0.122 e. The second kappa shape index (κ2) is 3.77. The minimum atomic E-state index is 0.670. The van der Waals surface area contributed by atoms with Crippen LogP contribution in [-0.4, -0.2) is 0 Å². The third-order valence-corrected chi connectivity index (χ3v) is 4.44. The highest BCUT2D eigenvalue weighted by Crippen LogP contribution is 2.39. The molecule has 0 saturated heterocycles. The van der Waals surface area contributed by atoms with Gasteiger partial charge in [-0.2, -0.15) is 0 Å². The van der Waals surface area contributed by atoms with E-state index in [9.17, 15) is 0 Å². The molecule has 0 N–H and O–H groups in total. The summed E-state index contributed by atoms with van der Waals surface area (Å²) in [5.41, 5.74) is 1.21. The van der Waals surface area contributed by atoms with Gasteiger partial charge in [-0.05, 0) is 17.7 Å². The molecule has 0 bridgehead atoms. The maximum absolute atomic E-state index is 6.03. The molecule has 0 aliphatic heterocycles. The molecule has 1 aromatic carbocycles. The van der Waals surface area contributed by atoms with Crippen molar-refractivity contribution >= 4 is 60.6 Å². The molecule has 0 nitrogen and oxygen atoms in total. The Hall–Kier alpha value is 0.240. The predicted octanol–water partition coefficient (Wildman–Crippen LogP) is 5.10. The van der Waals surface area contributed by atoms with Crippen molar-refractivity contribution < 1.29 is 0 Å². The van der Waals surface area contributed by atoms with Crippen LogP contribution in [0.3, 0.4) is 0 Å². The van der Waals surface area contributed by atoms with Gasteiger partial charge in [-0.3, -0.25) is 0 Å². The number of hydrogen-bond donors (Lipinski definition) is 0. The second-order valence-electron chi connectivity index (χ2n) is 2.65. The molecule has 0 radical (unpaired) electrons. The van der Waals surface area contributed by atoms with Crippen LogP contribution in [0.15, 0.2) is 18.2 Å². The average molecular weight is 296 g/mol. The zero-order valence-electron chi connectivity index (χ0n) is 6.48. The first-order chi connectivity index (χ1) is 6.22. The molecule has 0 amide bonds. The average Bonchev–Trinajstić information content (AvgIpc) is 2.43. The summed E-state index contributed by atoms with van der Waals surface area (Å²) in [5, 5.41) is 2.56. The van der Waals surface area contributed by atoms with Gasteiger partial charge in [-0.25, -0.2) is 0 Å². The minimum absolute atomic E-state index is 0.670. The van der Waals surface area contributed by atoms with E-state index in [1.54, 1.807) is 0 Å². The lowest BCUT2D eigenvalue weighted by Gasteiger charge is -1.95. The highest BCUT2D eigenvalue weighted by atomic mass is 79.9. The Balaban J connectivity index is 2.75. The molecule has 68 valence electrons. The molecule has 2 rings (SSSR count). The molecule has 0 saturated carbocycles. The third kappa shape index (κ3) is 1.73. The molecule has 0 spiro atoms. The fraction of sp³-hybridized carbons (Fsp3) is 0.111. The molecule has 0 aliphatic rings. The van der Waals surface area contributed by atoms with Gasteiger partial charge in [-0.1, -0.05) is 45.2 Å². The second-order valence-corrected chi connectivity index (χ2v) is 5.25. The topological polar surface area (TPSA) is 0 Å². The Morgan fingerprint density at radius 1 is 1.31 bits per heavy atom. The van der Waals surface area contributed by atoms with Crippen molar-refractivity contribution in [3.8, 4) is 0 Å². The van der Waals surface area contributed by atoms with E-state index >= 15 is 0 Å². The first-order valence-electron chi connectivity index (χ1n) is 3.65. The summed E-state index contributed by atoms with van der Waals surface area (Å²) in [6.45, 7) is 0. The van der Waals surface area contributed by atoms with Crippen LogP contribution >= 0.6 is 50.5 Å². The minimum Gasteiger partial charge on any atom is -0.122 e. The summed E-state index contributed by atoms with van der Waals surface area (Å²) >= 11 is 16.9. The van der Waals surface area contributed by atoms with Crippen LogP contribution in [-0.2, 0) is 5.33 Å². The summed E-state index contributed by atoms with van der Waals surface area (Å²) < 4.78 is 1.81. The van der Waals surface area contributed by atoms with Crippen molar-refractivity contribution in [2.45, 2.75) is 5.33 Å². The van der Waals surface area contributed by atoms with E-state index in [0.717, 1.165) is 15.4 Å². The van der Waals surface area contributed by atoms with E-state index < -0.39 is 0 Å². The number of benzene rings is 1. The van der Waals surface area contributed by atoms with E-state index in [-0.39, 0.29) is 0 Å². The van der Waals surface area contributed by atoms with Crippen LogP contribution in [0, 0.1) is 0 Å². The van der Waals surface area contributed by atoms with Crippen LogP contribution < -0.4 is 0 Å². The molecule has 2 aromatic rings. The van der Waals surface area contributed by atoms with E-state index in [0.29, 0.717) is 9.36 Å². The maximum atomic E-state index is 6.03. The molecule has 4 heteroatoms. The lowest BCUT2D eigenvalue weighted by atomic mass is 10.2. The zero-order chi connectivity index (χ0) is 9.42. The Morgan fingerprint density at radius 2 is 2.08 bits per heavy atom. The van der Waals surface area contributed by atoms with Gasteiger partial charge in [0, 0.05) is 15.4 Å². The number of rotatable bonds is 1. The monoisotopic (exact) mass is 294 g/mol. The van der Waals surface area contributed by atoms with Gasteiger partial charge >= 0.3 is 0 Å². The fourth-order valence-electron chi connectivity index (χ4n) is 1.17. The maximum Gasteiger partial charge on any atom is 0.113 e. The first kappa shape index (κ1) is 9.78. The van der Waals surface area contributed by atoms with E-state index in [4.69, 9.17) is 23.2 Å². The molecule has 0 atom stereocenters. The summed E-state index contributed by atoms with van der Waals surface area (Å²) in [6.07, 6.45) is 0. The lowest BCUT2D eigenvalue weighted by Crippen LogP contribution is -1.74. The van der Waals surface area contributed by atoms with Crippen molar-refractivity contribution in [2.75, 3.05) is 0 Å². The van der Waals surface area contributed by atoms with Gasteiger partial charge in [0.2, 0.25) is 0 Å². The molecule has 13 heavy (non-hydrogen) atoms. The number of hydrogen-bond acceptors (Lipinski definition) is 1. The zero-order valence-corrected chi connectivity index (χ0v) is 10.4. The number of fused-ring (bicyclic) bond motifs is 1. The van der Waals surface area contributed by atoms with Crippen LogP contribution in [0.1, 0.15) is 5.56 Å². The van der Waals surface area contributed by atoms with Gasteiger partial charge in [0.15, 0.2) is 0 Å². The van der Waals surface area contributed by atoms with E-state index in [2.05, 4.69) is 28.1 Å². The Bertz CT molecular complexity index is 450. The number of halogens is 3. The Kier molecular flexibility index (Phi) is 2.84. The van der Waals surface area contributed by atoms with Crippen LogP contribution in [0.5, 0.6) is 0 Å². The Labute approximate surface area is 98.6 Å². The molecular weight excluding hydrogens is 291 g/mol. The normalized spacial score (nSPS) is 11.0. The number of alkyl halides is 1. The molecule has 0 unspecified atom stereocenters. The first-order valence-corrected chi connectivity index (χ1v) is 6.34.